The Balaban J connectivity index is 1.43. The Bertz CT molecular complexity index is 1150. The van der Waals surface area contributed by atoms with Crippen molar-refractivity contribution in [2.75, 3.05) is 43.5 Å². The molecule has 0 bridgehead atoms. The van der Waals surface area contributed by atoms with Crippen LogP contribution in [-0.4, -0.2) is 54.7 Å². The predicted molar refractivity (Wildman–Crippen MR) is 124 cm³/mol. The molecule has 7 nitrogen and oxygen atoms in total. The van der Waals surface area contributed by atoms with Gasteiger partial charge in [-0.15, -0.1) is 0 Å². The maximum absolute atomic E-state index is 14.6. The summed E-state index contributed by atoms with van der Waals surface area (Å²) in [5.74, 6) is -1.42. The van der Waals surface area contributed by atoms with Gasteiger partial charge in [-0.05, 0) is 35.9 Å². The van der Waals surface area contributed by atoms with E-state index in [0.717, 1.165) is 5.56 Å². The summed E-state index contributed by atoms with van der Waals surface area (Å²) in [5, 5.41) is 15.4. The second-order valence-electron chi connectivity index (χ2n) is 7.68. The van der Waals surface area contributed by atoms with Crippen LogP contribution in [0.25, 0.3) is 11.1 Å². The summed E-state index contributed by atoms with van der Waals surface area (Å²) in [7, 11) is 0. The second kappa shape index (κ2) is 10.2. The molecule has 0 aromatic heterocycles. The monoisotopic (exact) mass is 449 g/mol. The number of halogens is 1. The lowest BCUT2D eigenvalue weighted by Crippen LogP contribution is -2.41. The molecule has 8 heteroatoms. The summed E-state index contributed by atoms with van der Waals surface area (Å²) in [6.07, 6.45) is 0. The van der Waals surface area contributed by atoms with Crippen LogP contribution in [0.5, 0.6) is 5.75 Å². The number of amides is 2. The van der Waals surface area contributed by atoms with Gasteiger partial charge in [0.1, 0.15) is 11.6 Å². The van der Waals surface area contributed by atoms with Gasteiger partial charge in [-0.1, -0.05) is 36.4 Å². The maximum Gasteiger partial charge on any atom is 0.255 e. The standard InChI is InChI=1S/C25H24FN3O4/c26-21-14-18(6-8-20(21)17-4-2-1-3-5-17)25(32)27-19-7-9-23(30)22(15-19)28-24(31)16-29-10-12-33-13-11-29/h1-9,14-15,30H,10-13,16H2,(H,27,32)(H,28,31). The fraction of sp³-hybridized carbons (Fsp3) is 0.200. The zero-order valence-electron chi connectivity index (χ0n) is 17.9. The highest BCUT2D eigenvalue weighted by atomic mass is 19.1. The summed E-state index contributed by atoms with van der Waals surface area (Å²) in [6, 6.07) is 17.7. The topological polar surface area (TPSA) is 90.9 Å². The molecule has 0 saturated carbocycles. The molecule has 0 spiro atoms. The lowest BCUT2D eigenvalue weighted by Gasteiger charge is -2.25. The number of phenolic OH excluding ortho intramolecular Hbond substituents is 1. The van der Waals surface area contributed by atoms with Crippen molar-refractivity contribution in [1.29, 1.82) is 0 Å². The van der Waals surface area contributed by atoms with Crippen molar-refractivity contribution in [3.8, 4) is 16.9 Å². The van der Waals surface area contributed by atoms with Gasteiger partial charge in [0.2, 0.25) is 5.91 Å². The molecule has 0 aliphatic carbocycles. The van der Waals surface area contributed by atoms with Crippen LogP contribution in [0.4, 0.5) is 15.8 Å². The van der Waals surface area contributed by atoms with Gasteiger partial charge in [0, 0.05) is 29.9 Å². The van der Waals surface area contributed by atoms with Crippen LogP contribution in [-0.2, 0) is 9.53 Å². The summed E-state index contributed by atoms with van der Waals surface area (Å²) in [4.78, 5) is 26.9. The first-order valence-corrected chi connectivity index (χ1v) is 10.6. The lowest BCUT2D eigenvalue weighted by molar-refractivity contribution is -0.118. The molecule has 1 saturated heterocycles. The van der Waals surface area contributed by atoms with Gasteiger partial charge in [-0.2, -0.15) is 0 Å². The van der Waals surface area contributed by atoms with E-state index in [1.54, 1.807) is 24.3 Å². The molecule has 0 atom stereocenters. The molecule has 170 valence electrons. The molecule has 0 radical (unpaired) electrons. The Morgan fingerprint density at radius 2 is 1.73 bits per heavy atom. The van der Waals surface area contributed by atoms with Crippen molar-refractivity contribution in [3.63, 3.8) is 0 Å². The molecule has 2 amide bonds. The molecule has 1 heterocycles. The number of anilines is 2. The summed E-state index contributed by atoms with van der Waals surface area (Å²) < 4.78 is 19.9. The normalized spacial score (nSPS) is 14.0. The van der Waals surface area contributed by atoms with E-state index in [4.69, 9.17) is 4.74 Å². The highest BCUT2D eigenvalue weighted by Crippen LogP contribution is 2.28. The Hall–Kier alpha value is -3.75. The van der Waals surface area contributed by atoms with Crippen LogP contribution in [0.2, 0.25) is 0 Å². The smallest absolute Gasteiger partial charge is 0.255 e. The first kappa shape index (κ1) is 22.4. The van der Waals surface area contributed by atoms with E-state index < -0.39 is 11.7 Å². The third-order valence-electron chi connectivity index (χ3n) is 5.32. The minimum Gasteiger partial charge on any atom is -0.506 e. The van der Waals surface area contributed by atoms with Gasteiger partial charge in [-0.25, -0.2) is 4.39 Å². The molecule has 3 N–H and O–H groups in total. The molecule has 3 aromatic rings. The number of nitrogens with one attached hydrogen (secondary N) is 2. The lowest BCUT2D eigenvalue weighted by atomic mass is 10.0. The van der Waals surface area contributed by atoms with Gasteiger partial charge >= 0.3 is 0 Å². The van der Waals surface area contributed by atoms with Gasteiger partial charge in [0.05, 0.1) is 25.4 Å². The molecule has 3 aromatic carbocycles. The molecule has 4 rings (SSSR count). The SMILES string of the molecule is O=C(CN1CCOCC1)Nc1cc(NC(=O)c2ccc(-c3ccccc3)c(F)c2)ccc1O. The zero-order valence-corrected chi connectivity index (χ0v) is 17.9. The molecular weight excluding hydrogens is 425 g/mol. The van der Waals surface area contributed by atoms with Crippen LogP contribution < -0.4 is 10.6 Å². The number of carbonyl (C=O) groups excluding carboxylic acids is 2. The molecule has 1 fully saturated rings. The Morgan fingerprint density at radius 3 is 2.45 bits per heavy atom. The highest BCUT2D eigenvalue weighted by Gasteiger charge is 2.16. The van der Waals surface area contributed by atoms with E-state index in [9.17, 15) is 19.1 Å². The van der Waals surface area contributed by atoms with Gasteiger partial charge in [-0.3, -0.25) is 14.5 Å². The van der Waals surface area contributed by atoms with Crippen molar-refractivity contribution < 1.29 is 23.8 Å². The van der Waals surface area contributed by atoms with Crippen LogP contribution in [0.3, 0.4) is 0 Å². The van der Waals surface area contributed by atoms with E-state index in [1.165, 1.54) is 24.3 Å². The van der Waals surface area contributed by atoms with Gasteiger partial charge in [0.25, 0.3) is 5.91 Å². The minimum absolute atomic E-state index is 0.124. The second-order valence-corrected chi connectivity index (χ2v) is 7.68. The largest absolute Gasteiger partial charge is 0.506 e. The first-order valence-electron chi connectivity index (χ1n) is 10.6. The fourth-order valence-electron chi connectivity index (χ4n) is 3.58. The number of hydrogen-bond donors (Lipinski definition) is 3. The number of morpholine rings is 1. The molecular formula is C25H24FN3O4. The van der Waals surface area contributed by atoms with Crippen LogP contribution in [0.15, 0.2) is 66.7 Å². The number of carbonyl (C=O) groups is 2. The van der Waals surface area contributed by atoms with Crippen molar-refractivity contribution in [2.24, 2.45) is 0 Å². The van der Waals surface area contributed by atoms with Crippen LogP contribution >= 0.6 is 0 Å². The number of nitrogens with zero attached hydrogens (tertiary/aromatic N) is 1. The fourth-order valence-corrected chi connectivity index (χ4v) is 3.58. The third kappa shape index (κ3) is 5.74. The molecule has 1 aliphatic rings. The van der Waals surface area contributed by atoms with E-state index >= 15 is 0 Å². The number of rotatable bonds is 6. The summed E-state index contributed by atoms with van der Waals surface area (Å²) in [5.41, 5.74) is 1.81. The quantitative estimate of drug-likeness (QED) is 0.394. The molecule has 1 aliphatic heterocycles. The Labute approximate surface area is 190 Å². The van der Waals surface area contributed by atoms with Crippen LogP contribution in [0, 0.1) is 5.82 Å². The average molecular weight is 449 g/mol. The number of benzene rings is 3. The van der Waals surface area contributed by atoms with E-state index in [0.29, 0.717) is 37.6 Å². The predicted octanol–water partition coefficient (Wildman–Crippen LogP) is 3.72. The Morgan fingerprint density at radius 1 is 0.970 bits per heavy atom. The average Bonchev–Trinajstić information content (AvgIpc) is 2.82. The number of phenols is 1. The third-order valence-corrected chi connectivity index (χ3v) is 5.32. The van der Waals surface area contributed by atoms with Crippen LogP contribution in [0.1, 0.15) is 10.4 Å². The van der Waals surface area contributed by atoms with E-state index in [1.807, 2.05) is 23.1 Å². The minimum atomic E-state index is -0.509. The Kier molecular flexibility index (Phi) is 6.97. The highest BCUT2D eigenvalue weighted by molar-refractivity contribution is 6.05. The summed E-state index contributed by atoms with van der Waals surface area (Å²) in [6.45, 7) is 2.65. The van der Waals surface area contributed by atoms with Crippen molar-refractivity contribution in [1.82, 2.24) is 4.90 Å². The number of aromatic hydroxyl groups is 1. The number of ether oxygens (including phenoxy) is 1. The molecule has 0 unspecified atom stereocenters. The van der Waals surface area contributed by atoms with Crippen molar-refractivity contribution in [3.05, 3.63) is 78.1 Å². The summed E-state index contributed by atoms with van der Waals surface area (Å²) >= 11 is 0. The van der Waals surface area contributed by atoms with E-state index in [-0.39, 0.29) is 29.5 Å². The van der Waals surface area contributed by atoms with Crippen molar-refractivity contribution >= 4 is 23.2 Å². The van der Waals surface area contributed by atoms with Crippen molar-refractivity contribution in [2.45, 2.75) is 0 Å². The first-order chi connectivity index (χ1) is 16.0. The zero-order chi connectivity index (χ0) is 23.2. The van der Waals surface area contributed by atoms with Gasteiger partial charge in [0.15, 0.2) is 0 Å². The number of hydrogen-bond acceptors (Lipinski definition) is 5. The van der Waals surface area contributed by atoms with E-state index in [2.05, 4.69) is 10.6 Å². The van der Waals surface area contributed by atoms with Gasteiger partial charge < -0.3 is 20.5 Å². The molecule has 33 heavy (non-hydrogen) atoms. The maximum atomic E-state index is 14.6.